The number of halogens is 1. The van der Waals surface area contributed by atoms with E-state index in [0.717, 1.165) is 10.9 Å². The van der Waals surface area contributed by atoms with Gasteiger partial charge in [-0.15, -0.1) is 0 Å². The minimum Gasteiger partial charge on any atom is -0.300 e. The molecule has 0 saturated carbocycles. The summed E-state index contributed by atoms with van der Waals surface area (Å²) in [5.74, 6) is 0.786. The fourth-order valence-corrected chi connectivity index (χ4v) is 1.31. The van der Waals surface area contributed by atoms with Gasteiger partial charge in [0.2, 0.25) is 5.91 Å². The molecule has 1 rings (SSSR count). The standard InChI is InChI=1S/C10H13BrN2O/c1-3-4-10(14)13(2)9-6-5-8(11)7-12-9/h5-7H,3-4H2,1-2H3. The summed E-state index contributed by atoms with van der Waals surface area (Å²) < 4.78 is 0.914. The molecule has 0 fully saturated rings. The van der Waals surface area contributed by atoms with Crippen LogP contribution < -0.4 is 4.90 Å². The Balaban J connectivity index is 2.73. The third-order valence-electron chi connectivity index (χ3n) is 1.89. The lowest BCUT2D eigenvalue weighted by Crippen LogP contribution is -2.26. The molecule has 4 heteroatoms. The normalized spacial score (nSPS) is 9.93. The molecular weight excluding hydrogens is 244 g/mol. The van der Waals surface area contributed by atoms with Crippen LogP contribution in [-0.2, 0) is 4.79 Å². The van der Waals surface area contributed by atoms with Gasteiger partial charge in [-0.25, -0.2) is 4.98 Å². The van der Waals surface area contributed by atoms with Gasteiger partial charge in [0.15, 0.2) is 0 Å². The first-order valence-corrected chi connectivity index (χ1v) is 5.32. The minimum atomic E-state index is 0.0994. The van der Waals surface area contributed by atoms with Crippen molar-refractivity contribution in [2.24, 2.45) is 0 Å². The number of amides is 1. The Bertz CT molecular complexity index is 310. The van der Waals surface area contributed by atoms with E-state index >= 15 is 0 Å². The average molecular weight is 257 g/mol. The summed E-state index contributed by atoms with van der Waals surface area (Å²) in [5, 5.41) is 0. The van der Waals surface area contributed by atoms with E-state index in [-0.39, 0.29) is 5.91 Å². The maximum atomic E-state index is 11.5. The van der Waals surface area contributed by atoms with Crippen LogP contribution in [0.3, 0.4) is 0 Å². The first-order chi connectivity index (χ1) is 6.65. The van der Waals surface area contributed by atoms with Crippen molar-refractivity contribution in [3.05, 3.63) is 22.8 Å². The molecule has 0 bridgehead atoms. The molecule has 0 aliphatic rings. The van der Waals surface area contributed by atoms with Crippen molar-refractivity contribution >= 4 is 27.7 Å². The van der Waals surface area contributed by atoms with E-state index in [4.69, 9.17) is 0 Å². The Morgan fingerprint density at radius 1 is 1.57 bits per heavy atom. The predicted molar refractivity (Wildman–Crippen MR) is 60.3 cm³/mol. The molecule has 1 aromatic heterocycles. The second kappa shape index (κ2) is 5.10. The van der Waals surface area contributed by atoms with Gasteiger partial charge in [0, 0.05) is 24.1 Å². The van der Waals surface area contributed by atoms with E-state index in [1.165, 1.54) is 0 Å². The van der Waals surface area contributed by atoms with Crippen molar-refractivity contribution in [3.8, 4) is 0 Å². The van der Waals surface area contributed by atoms with Crippen LogP contribution in [0.1, 0.15) is 19.8 Å². The Kier molecular flexibility index (Phi) is 4.07. The summed E-state index contributed by atoms with van der Waals surface area (Å²) in [6.07, 6.45) is 3.11. The Labute approximate surface area is 92.3 Å². The van der Waals surface area contributed by atoms with E-state index in [1.54, 1.807) is 18.1 Å². The first kappa shape index (κ1) is 11.2. The van der Waals surface area contributed by atoms with E-state index in [1.807, 2.05) is 19.1 Å². The predicted octanol–water partition coefficient (Wildman–Crippen LogP) is 2.61. The molecule has 0 spiro atoms. The first-order valence-electron chi connectivity index (χ1n) is 4.53. The maximum absolute atomic E-state index is 11.5. The van der Waals surface area contributed by atoms with Gasteiger partial charge < -0.3 is 0 Å². The highest BCUT2D eigenvalue weighted by atomic mass is 79.9. The molecule has 3 nitrogen and oxygen atoms in total. The number of carbonyl (C=O) groups excluding carboxylic acids is 1. The van der Waals surface area contributed by atoms with Crippen LogP contribution in [0.15, 0.2) is 22.8 Å². The third-order valence-corrected chi connectivity index (χ3v) is 2.36. The van der Waals surface area contributed by atoms with Crippen molar-refractivity contribution in [3.63, 3.8) is 0 Å². The molecule has 1 heterocycles. The summed E-state index contributed by atoms with van der Waals surface area (Å²) in [6.45, 7) is 1.99. The molecule has 0 N–H and O–H groups in total. The van der Waals surface area contributed by atoms with E-state index in [2.05, 4.69) is 20.9 Å². The summed E-state index contributed by atoms with van der Waals surface area (Å²) in [5.41, 5.74) is 0. The second-order valence-electron chi connectivity index (χ2n) is 3.04. The van der Waals surface area contributed by atoms with Gasteiger partial charge >= 0.3 is 0 Å². The Morgan fingerprint density at radius 3 is 2.79 bits per heavy atom. The number of nitrogens with zero attached hydrogens (tertiary/aromatic N) is 2. The van der Waals surface area contributed by atoms with Gasteiger partial charge in [-0.1, -0.05) is 6.92 Å². The van der Waals surface area contributed by atoms with Crippen LogP contribution in [0.2, 0.25) is 0 Å². The molecule has 0 atom stereocenters. The van der Waals surface area contributed by atoms with E-state index in [9.17, 15) is 4.79 Å². The third kappa shape index (κ3) is 2.80. The van der Waals surface area contributed by atoms with Crippen molar-refractivity contribution in [2.75, 3.05) is 11.9 Å². The fourth-order valence-electron chi connectivity index (χ4n) is 1.08. The van der Waals surface area contributed by atoms with Gasteiger partial charge in [-0.2, -0.15) is 0 Å². The SMILES string of the molecule is CCCC(=O)N(C)c1ccc(Br)cn1. The zero-order valence-corrected chi connectivity index (χ0v) is 9.91. The second-order valence-corrected chi connectivity index (χ2v) is 3.95. The quantitative estimate of drug-likeness (QED) is 0.833. The number of aromatic nitrogens is 1. The van der Waals surface area contributed by atoms with Crippen molar-refractivity contribution in [1.29, 1.82) is 0 Å². The number of pyridine rings is 1. The summed E-state index contributed by atoms with van der Waals surface area (Å²) in [6, 6.07) is 3.69. The van der Waals surface area contributed by atoms with Gasteiger partial charge in [-0.05, 0) is 34.5 Å². The van der Waals surface area contributed by atoms with Gasteiger partial charge in [-0.3, -0.25) is 9.69 Å². The highest BCUT2D eigenvalue weighted by Crippen LogP contribution is 2.14. The highest BCUT2D eigenvalue weighted by Gasteiger charge is 2.09. The summed E-state index contributed by atoms with van der Waals surface area (Å²) in [7, 11) is 1.74. The number of carbonyl (C=O) groups is 1. The fraction of sp³-hybridized carbons (Fsp3) is 0.400. The number of rotatable bonds is 3. The van der Waals surface area contributed by atoms with Crippen LogP contribution in [0, 0.1) is 0 Å². The lowest BCUT2D eigenvalue weighted by molar-refractivity contribution is -0.118. The molecule has 0 aliphatic carbocycles. The molecule has 76 valence electrons. The Morgan fingerprint density at radius 2 is 2.29 bits per heavy atom. The smallest absolute Gasteiger partial charge is 0.227 e. The highest BCUT2D eigenvalue weighted by molar-refractivity contribution is 9.10. The van der Waals surface area contributed by atoms with Gasteiger partial charge in [0.05, 0.1) is 0 Å². The molecule has 0 saturated heterocycles. The van der Waals surface area contributed by atoms with Gasteiger partial charge in [0.25, 0.3) is 0 Å². The maximum Gasteiger partial charge on any atom is 0.227 e. The molecule has 0 aliphatic heterocycles. The molecule has 0 radical (unpaired) electrons. The van der Waals surface area contributed by atoms with Crippen molar-refractivity contribution < 1.29 is 4.79 Å². The number of hydrogen-bond donors (Lipinski definition) is 0. The van der Waals surface area contributed by atoms with Crippen LogP contribution in [0.25, 0.3) is 0 Å². The molecule has 14 heavy (non-hydrogen) atoms. The molecule has 0 aromatic carbocycles. The zero-order chi connectivity index (χ0) is 10.6. The monoisotopic (exact) mass is 256 g/mol. The Hall–Kier alpha value is -0.900. The summed E-state index contributed by atoms with van der Waals surface area (Å²) >= 11 is 3.30. The molecular formula is C10H13BrN2O. The zero-order valence-electron chi connectivity index (χ0n) is 8.33. The molecule has 1 aromatic rings. The number of anilines is 1. The minimum absolute atomic E-state index is 0.0994. The molecule has 1 amide bonds. The largest absolute Gasteiger partial charge is 0.300 e. The van der Waals surface area contributed by atoms with Crippen molar-refractivity contribution in [2.45, 2.75) is 19.8 Å². The lowest BCUT2D eigenvalue weighted by Gasteiger charge is -2.15. The van der Waals surface area contributed by atoms with E-state index in [0.29, 0.717) is 12.2 Å². The van der Waals surface area contributed by atoms with E-state index < -0.39 is 0 Å². The lowest BCUT2D eigenvalue weighted by atomic mass is 10.3. The van der Waals surface area contributed by atoms with Crippen LogP contribution >= 0.6 is 15.9 Å². The van der Waals surface area contributed by atoms with Crippen LogP contribution in [0.5, 0.6) is 0 Å². The average Bonchev–Trinajstić information content (AvgIpc) is 2.18. The van der Waals surface area contributed by atoms with Crippen LogP contribution in [0.4, 0.5) is 5.82 Å². The van der Waals surface area contributed by atoms with Crippen molar-refractivity contribution in [1.82, 2.24) is 4.98 Å². The molecule has 0 unspecified atom stereocenters. The topological polar surface area (TPSA) is 33.2 Å². The number of hydrogen-bond acceptors (Lipinski definition) is 2. The summed E-state index contributed by atoms with van der Waals surface area (Å²) in [4.78, 5) is 17.2. The van der Waals surface area contributed by atoms with Crippen LogP contribution in [-0.4, -0.2) is 17.9 Å². The van der Waals surface area contributed by atoms with Gasteiger partial charge in [0.1, 0.15) is 5.82 Å².